The average molecular weight is 165 g/mol. The maximum Gasteiger partial charge on any atom is 0.219 e. The van der Waals surface area contributed by atoms with Crippen LogP contribution in [0.15, 0.2) is 12.4 Å². The Labute approximate surface area is 70.6 Å². The van der Waals surface area contributed by atoms with E-state index in [0.29, 0.717) is 5.92 Å². The van der Waals surface area contributed by atoms with Gasteiger partial charge in [-0.3, -0.25) is 4.79 Å². The molecule has 1 aromatic rings. The molecule has 4 nitrogen and oxygen atoms in total. The van der Waals surface area contributed by atoms with E-state index in [4.69, 9.17) is 0 Å². The Kier molecular flexibility index (Phi) is 1.60. The van der Waals surface area contributed by atoms with E-state index in [-0.39, 0.29) is 5.91 Å². The number of nitrogens with one attached hydrogen (secondary N) is 1. The molecule has 0 saturated carbocycles. The van der Waals surface area contributed by atoms with Crippen molar-refractivity contribution in [1.29, 1.82) is 0 Å². The second kappa shape index (κ2) is 2.62. The minimum absolute atomic E-state index is 0.151. The van der Waals surface area contributed by atoms with E-state index in [1.807, 2.05) is 11.1 Å². The van der Waals surface area contributed by atoms with Gasteiger partial charge in [-0.1, -0.05) is 0 Å². The van der Waals surface area contributed by atoms with Crippen molar-refractivity contribution in [3.05, 3.63) is 18.2 Å². The predicted octanol–water partition coefficient (Wildman–Crippen LogP) is 0.355. The van der Waals surface area contributed by atoms with Crippen LogP contribution in [0.2, 0.25) is 0 Å². The first-order valence-corrected chi connectivity index (χ1v) is 4.02. The summed E-state index contributed by atoms with van der Waals surface area (Å²) >= 11 is 0. The smallest absolute Gasteiger partial charge is 0.219 e. The molecule has 4 heteroatoms. The molecule has 0 aliphatic carbocycles. The topological polar surface area (TPSA) is 49.0 Å². The Morgan fingerprint density at radius 2 is 2.50 bits per heavy atom. The fraction of sp³-hybridized carbons (Fsp3) is 0.500. The van der Waals surface area contributed by atoms with Gasteiger partial charge in [0.15, 0.2) is 0 Å². The molecular formula is C8H11N3O. The van der Waals surface area contributed by atoms with Crippen molar-refractivity contribution in [3.8, 4) is 0 Å². The van der Waals surface area contributed by atoms with Crippen LogP contribution < -0.4 is 0 Å². The van der Waals surface area contributed by atoms with Gasteiger partial charge in [0.2, 0.25) is 5.91 Å². The van der Waals surface area contributed by atoms with E-state index in [0.717, 1.165) is 18.9 Å². The van der Waals surface area contributed by atoms with Gasteiger partial charge in [-0.05, 0) is 0 Å². The Bertz CT molecular complexity index is 275. The first kappa shape index (κ1) is 7.34. The summed E-state index contributed by atoms with van der Waals surface area (Å²) in [5.74, 6) is 1.56. The summed E-state index contributed by atoms with van der Waals surface area (Å²) in [5, 5.41) is 0. The van der Waals surface area contributed by atoms with Crippen LogP contribution in [0.3, 0.4) is 0 Å². The third-order valence-corrected chi connectivity index (χ3v) is 2.23. The van der Waals surface area contributed by atoms with E-state index in [2.05, 4.69) is 9.97 Å². The van der Waals surface area contributed by atoms with Crippen LogP contribution in [-0.2, 0) is 4.79 Å². The fourth-order valence-corrected chi connectivity index (χ4v) is 1.41. The van der Waals surface area contributed by atoms with Gasteiger partial charge >= 0.3 is 0 Å². The Balaban J connectivity index is 1.94. The van der Waals surface area contributed by atoms with E-state index in [1.165, 1.54) is 0 Å². The van der Waals surface area contributed by atoms with Crippen LogP contribution in [0.25, 0.3) is 0 Å². The van der Waals surface area contributed by atoms with Gasteiger partial charge in [-0.2, -0.15) is 0 Å². The van der Waals surface area contributed by atoms with Crippen molar-refractivity contribution in [2.75, 3.05) is 13.1 Å². The van der Waals surface area contributed by atoms with Gasteiger partial charge in [0.25, 0.3) is 0 Å². The molecule has 0 atom stereocenters. The molecule has 1 aliphatic heterocycles. The molecule has 2 rings (SSSR count). The molecule has 1 N–H and O–H groups in total. The zero-order valence-electron chi connectivity index (χ0n) is 6.95. The Morgan fingerprint density at radius 1 is 1.75 bits per heavy atom. The van der Waals surface area contributed by atoms with Crippen molar-refractivity contribution < 1.29 is 4.79 Å². The summed E-state index contributed by atoms with van der Waals surface area (Å²) in [7, 11) is 0. The maximum absolute atomic E-state index is 10.8. The number of aromatic nitrogens is 2. The summed E-state index contributed by atoms with van der Waals surface area (Å²) in [6, 6.07) is 0. The SMILES string of the molecule is CC(=O)N1CC(c2ncc[nH]2)C1. The standard InChI is InChI=1S/C8H11N3O/c1-6(12)11-4-7(5-11)8-9-2-3-10-8/h2-3,7H,4-5H2,1H3,(H,9,10). The number of rotatable bonds is 1. The molecule has 0 spiro atoms. The molecule has 0 bridgehead atoms. The summed E-state index contributed by atoms with van der Waals surface area (Å²) < 4.78 is 0. The summed E-state index contributed by atoms with van der Waals surface area (Å²) in [5.41, 5.74) is 0. The second-order valence-electron chi connectivity index (χ2n) is 3.10. The molecule has 1 fully saturated rings. The molecule has 1 aromatic heterocycles. The first-order chi connectivity index (χ1) is 5.77. The minimum Gasteiger partial charge on any atom is -0.348 e. The van der Waals surface area contributed by atoms with Crippen LogP contribution in [0.1, 0.15) is 18.7 Å². The quantitative estimate of drug-likeness (QED) is 0.653. The molecule has 64 valence electrons. The van der Waals surface area contributed by atoms with Crippen LogP contribution in [0, 0.1) is 0 Å². The molecular weight excluding hydrogens is 154 g/mol. The first-order valence-electron chi connectivity index (χ1n) is 4.02. The molecule has 0 unspecified atom stereocenters. The van der Waals surface area contributed by atoms with E-state index in [9.17, 15) is 4.79 Å². The molecule has 1 amide bonds. The number of hydrogen-bond donors (Lipinski definition) is 1. The van der Waals surface area contributed by atoms with E-state index in [1.54, 1.807) is 13.1 Å². The highest BCUT2D eigenvalue weighted by molar-refractivity contribution is 5.74. The van der Waals surface area contributed by atoms with Crippen LogP contribution in [0.4, 0.5) is 0 Å². The van der Waals surface area contributed by atoms with Gasteiger partial charge < -0.3 is 9.88 Å². The van der Waals surface area contributed by atoms with Crippen molar-refractivity contribution in [2.24, 2.45) is 0 Å². The number of imidazole rings is 1. The summed E-state index contributed by atoms with van der Waals surface area (Å²) in [6.07, 6.45) is 3.55. The molecule has 0 aromatic carbocycles. The Hall–Kier alpha value is -1.32. The number of carbonyl (C=O) groups is 1. The number of nitrogens with zero attached hydrogens (tertiary/aromatic N) is 2. The number of hydrogen-bond acceptors (Lipinski definition) is 2. The molecule has 1 aliphatic rings. The van der Waals surface area contributed by atoms with Gasteiger partial charge in [-0.25, -0.2) is 4.98 Å². The zero-order valence-corrected chi connectivity index (χ0v) is 6.95. The van der Waals surface area contributed by atoms with Crippen molar-refractivity contribution >= 4 is 5.91 Å². The summed E-state index contributed by atoms with van der Waals surface area (Å²) in [6.45, 7) is 3.21. The molecule has 1 saturated heterocycles. The van der Waals surface area contributed by atoms with Gasteiger partial charge in [0, 0.05) is 32.4 Å². The number of aromatic amines is 1. The van der Waals surface area contributed by atoms with Crippen LogP contribution in [-0.4, -0.2) is 33.9 Å². The number of carbonyl (C=O) groups excluding carboxylic acids is 1. The minimum atomic E-state index is 0.151. The zero-order chi connectivity index (χ0) is 8.55. The average Bonchev–Trinajstić information content (AvgIpc) is 2.34. The lowest BCUT2D eigenvalue weighted by atomic mass is 10.00. The highest BCUT2D eigenvalue weighted by Gasteiger charge is 2.31. The second-order valence-corrected chi connectivity index (χ2v) is 3.10. The highest BCUT2D eigenvalue weighted by Crippen LogP contribution is 2.23. The van der Waals surface area contributed by atoms with E-state index < -0.39 is 0 Å². The third kappa shape index (κ3) is 1.09. The van der Waals surface area contributed by atoms with Crippen molar-refractivity contribution in [1.82, 2.24) is 14.9 Å². The van der Waals surface area contributed by atoms with E-state index >= 15 is 0 Å². The lowest BCUT2D eigenvalue weighted by molar-refractivity contribution is -0.133. The Morgan fingerprint density at radius 3 is 3.00 bits per heavy atom. The maximum atomic E-state index is 10.8. The lowest BCUT2D eigenvalue weighted by Gasteiger charge is -2.37. The summed E-state index contributed by atoms with van der Waals surface area (Å²) in [4.78, 5) is 19.8. The number of likely N-dealkylation sites (tertiary alicyclic amines) is 1. The number of H-pyrrole nitrogens is 1. The normalized spacial score (nSPS) is 17.6. The third-order valence-electron chi connectivity index (χ3n) is 2.23. The van der Waals surface area contributed by atoms with Gasteiger partial charge in [0.1, 0.15) is 5.82 Å². The predicted molar refractivity (Wildman–Crippen MR) is 43.6 cm³/mol. The van der Waals surface area contributed by atoms with Crippen LogP contribution in [0.5, 0.6) is 0 Å². The van der Waals surface area contributed by atoms with Crippen LogP contribution >= 0.6 is 0 Å². The largest absolute Gasteiger partial charge is 0.348 e. The van der Waals surface area contributed by atoms with Crippen molar-refractivity contribution in [3.63, 3.8) is 0 Å². The molecule has 2 heterocycles. The number of amides is 1. The van der Waals surface area contributed by atoms with Crippen molar-refractivity contribution in [2.45, 2.75) is 12.8 Å². The van der Waals surface area contributed by atoms with Gasteiger partial charge in [0.05, 0.1) is 5.92 Å². The highest BCUT2D eigenvalue weighted by atomic mass is 16.2. The molecule has 0 radical (unpaired) electrons. The lowest BCUT2D eigenvalue weighted by Crippen LogP contribution is -2.47. The van der Waals surface area contributed by atoms with Gasteiger partial charge in [-0.15, -0.1) is 0 Å². The monoisotopic (exact) mass is 165 g/mol. The fourth-order valence-electron chi connectivity index (χ4n) is 1.41. The molecule has 12 heavy (non-hydrogen) atoms.